The Morgan fingerprint density at radius 3 is 2.42 bits per heavy atom. The summed E-state index contributed by atoms with van der Waals surface area (Å²) in [7, 11) is 0. The molecule has 1 aliphatic heterocycles. The SMILES string of the molecule is CCN1CCN(Cc2ccc(NC(=O)Cc3ccc(-n4cnc5cccnc54)cc3)cc2C(F)(F)F)CC1. The summed E-state index contributed by atoms with van der Waals surface area (Å²) in [4.78, 5) is 25.7. The lowest BCUT2D eigenvalue weighted by atomic mass is 10.0. The lowest BCUT2D eigenvalue weighted by molar-refractivity contribution is -0.138. The van der Waals surface area contributed by atoms with Crippen molar-refractivity contribution in [1.82, 2.24) is 24.3 Å². The molecule has 0 radical (unpaired) electrons. The molecule has 5 rings (SSSR count). The summed E-state index contributed by atoms with van der Waals surface area (Å²) >= 11 is 0. The Morgan fingerprint density at radius 1 is 0.974 bits per heavy atom. The molecule has 7 nitrogen and oxygen atoms in total. The van der Waals surface area contributed by atoms with Gasteiger partial charge in [0.2, 0.25) is 5.91 Å². The number of fused-ring (bicyclic) bond motifs is 1. The molecule has 1 saturated heterocycles. The highest BCUT2D eigenvalue weighted by Crippen LogP contribution is 2.34. The molecule has 0 bridgehead atoms. The monoisotopic (exact) mass is 522 g/mol. The van der Waals surface area contributed by atoms with Crippen LogP contribution in [-0.2, 0) is 23.9 Å². The van der Waals surface area contributed by atoms with Gasteiger partial charge in [-0.2, -0.15) is 13.2 Å². The molecule has 1 aliphatic rings. The quantitative estimate of drug-likeness (QED) is 0.379. The maximum atomic E-state index is 13.9. The first-order chi connectivity index (χ1) is 18.3. The Hall–Kier alpha value is -3.76. The van der Waals surface area contributed by atoms with E-state index in [1.54, 1.807) is 18.6 Å². The number of pyridine rings is 1. The summed E-state index contributed by atoms with van der Waals surface area (Å²) in [6.45, 7) is 6.42. The zero-order valence-electron chi connectivity index (χ0n) is 21.1. The maximum absolute atomic E-state index is 13.9. The fraction of sp³-hybridized carbons (Fsp3) is 0.321. The number of halogens is 3. The van der Waals surface area contributed by atoms with Crippen molar-refractivity contribution in [2.45, 2.75) is 26.1 Å². The molecule has 0 atom stereocenters. The number of carbonyl (C=O) groups excluding carboxylic acids is 1. The third-order valence-corrected chi connectivity index (χ3v) is 6.89. The first-order valence-corrected chi connectivity index (χ1v) is 12.6. The summed E-state index contributed by atoms with van der Waals surface area (Å²) < 4.78 is 43.5. The fourth-order valence-electron chi connectivity index (χ4n) is 4.76. The van der Waals surface area contributed by atoms with Gasteiger partial charge in [-0.1, -0.05) is 25.1 Å². The van der Waals surface area contributed by atoms with E-state index in [9.17, 15) is 18.0 Å². The first kappa shape index (κ1) is 25.9. The average Bonchev–Trinajstić information content (AvgIpc) is 3.34. The Balaban J connectivity index is 1.24. The van der Waals surface area contributed by atoms with E-state index >= 15 is 0 Å². The minimum Gasteiger partial charge on any atom is -0.326 e. The van der Waals surface area contributed by atoms with Crippen molar-refractivity contribution in [3.05, 3.63) is 83.8 Å². The van der Waals surface area contributed by atoms with Gasteiger partial charge >= 0.3 is 6.18 Å². The molecular weight excluding hydrogens is 493 g/mol. The highest BCUT2D eigenvalue weighted by molar-refractivity contribution is 5.92. The van der Waals surface area contributed by atoms with E-state index in [2.05, 4.69) is 27.1 Å². The number of anilines is 1. The van der Waals surface area contributed by atoms with Gasteiger partial charge in [-0.05, 0) is 54.1 Å². The van der Waals surface area contributed by atoms with Crippen LogP contribution >= 0.6 is 0 Å². The zero-order valence-corrected chi connectivity index (χ0v) is 21.1. The predicted octanol–water partition coefficient (Wildman–Crippen LogP) is 4.76. The Kier molecular flexibility index (Phi) is 7.44. The summed E-state index contributed by atoms with van der Waals surface area (Å²) in [6.07, 6.45) is -1.09. The van der Waals surface area contributed by atoms with Crippen molar-refractivity contribution < 1.29 is 18.0 Å². The molecule has 1 amide bonds. The average molecular weight is 523 g/mol. The lowest BCUT2D eigenvalue weighted by Crippen LogP contribution is -2.45. The van der Waals surface area contributed by atoms with Crippen molar-refractivity contribution in [2.75, 3.05) is 38.0 Å². The lowest BCUT2D eigenvalue weighted by Gasteiger charge is -2.34. The number of hydrogen-bond donors (Lipinski definition) is 1. The van der Waals surface area contributed by atoms with Crippen LogP contribution in [0.15, 0.2) is 67.1 Å². The smallest absolute Gasteiger partial charge is 0.326 e. The number of carbonyl (C=O) groups is 1. The molecular formula is C28H29F3N6O. The van der Waals surface area contributed by atoms with Crippen molar-refractivity contribution in [1.29, 1.82) is 0 Å². The number of piperazine rings is 1. The maximum Gasteiger partial charge on any atom is 0.416 e. The van der Waals surface area contributed by atoms with Crippen LogP contribution in [0.3, 0.4) is 0 Å². The minimum atomic E-state index is -4.51. The highest BCUT2D eigenvalue weighted by atomic mass is 19.4. The van der Waals surface area contributed by atoms with E-state index in [0.29, 0.717) is 0 Å². The van der Waals surface area contributed by atoms with Crippen LogP contribution in [0.5, 0.6) is 0 Å². The van der Waals surface area contributed by atoms with E-state index in [1.807, 2.05) is 45.9 Å². The number of benzene rings is 2. The van der Waals surface area contributed by atoms with Crippen LogP contribution in [0.1, 0.15) is 23.6 Å². The van der Waals surface area contributed by atoms with Crippen LogP contribution in [0.4, 0.5) is 18.9 Å². The normalized spacial score (nSPS) is 15.2. The van der Waals surface area contributed by atoms with E-state index in [0.717, 1.165) is 61.2 Å². The molecule has 38 heavy (non-hydrogen) atoms. The van der Waals surface area contributed by atoms with Crippen molar-refractivity contribution in [3.63, 3.8) is 0 Å². The van der Waals surface area contributed by atoms with E-state index in [1.165, 1.54) is 6.07 Å². The number of nitrogens with zero attached hydrogens (tertiary/aromatic N) is 5. The number of imidazole rings is 1. The molecule has 198 valence electrons. The van der Waals surface area contributed by atoms with E-state index < -0.39 is 11.7 Å². The van der Waals surface area contributed by atoms with Crippen LogP contribution < -0.4 is 5.32 Å². The predicted molar refractivity (Wildman–Crippen MR) is 140 cm³/mol. The topological polar surface area (TPSA) is 66.3 Å². The van der Waals surface area contributed by atoms with Crippen LogP contribution in [0.25, 0.3) is 16.9 Å². The van der Waals surface area contributed by atoms with Crippen molar-refractivity contribution in [2.24, 2.45) is 0 Å². The van der Waals surface area contributed by atoms with Gasteiger partial charge in [0, 0.05) is 50.3 Å². The van der Waals surface area contributed by atoms with Gasteiger partial charge in [-0.15, -0.1) is 0 Å². The number of likely N-dealkylation sites (N-methyl/N-ethyl adjacent to an activating group) is 1. The number of aromatic nitrogens is 3. The molecule has 3 heterocycles. The highest BCUT2D eigenvalue weighted by Gasteiger charge is 2.34. The number of alkyl halides is 3. The van der Waals surface area contributed by atoms with Crippen LogP contribution in [0, 0.1) is 0 Å². The van der Waals surface area contributed by atoms with Gasteiger partial charge in [0.1, 0.15) is 11.8 Å². The Labute approximate surface area is 218 Å². The van der Waals surface area contributed by atoms with Gasteiger partial charge in [-0.25, -0.2) is 9.97 Å². The van der Waals surface area contributed by atoms with Gasteiger partial charge in [0.15, 0.2) is 5.65 Å². The van der Waals surface area contributed by atoms with Crippen molar-refractivity contribution in [3.8, 4) is 5.69 Å². The molecule has 0 spiro atoms. The van der Waals surface area contributed by atoms with E-state index in [4.69, 9.17) is 0 Å². The molecule has 2 aromatic carbocycles. The minimum absolute atomic E-state index is 0.0357. The van der Waals surface area contributed by atoms with Gasteiger partial charge in [-0.3, -0.25) is 14.3 Å². The number of nitrogens with one attached hydrogen (secondary N) is 1. The molecule has 0 saturated carbocycles. The largest absolute Gasteiger partial charge is 0.416 e. The Bertz CT molecular complexity index is 1410. The van der Waals surface area contributed by atoms with E-state index in [-0.39, 0.29) is 30.1 Å². The number of amides is 1. The molecule has 2 aromatic heterocycles. The van der Waals surface area contributed by atoms with Gasteiger partial charge in [0.05, 0.1) is 12.0 Å². The Morgan fingerprint density at radius 2 is 1.71 bits per heavy atom. The standard InChI is InChI=1S/C28H29F3N6O/c1-2-35-12-14-36(15-13-35)18-21-7-8-22(17-24(21)28(29,30)31)34-26(38)16-20-5-9-23(10-6-20)37-19-33-25-4-3-11-32-27(25)37/h3-11,17,19H,2,12-16,18H2,1H3,(H,34,38). The fourth-order valence-corrected chi connectivity index (χ4v) is 4.76. The molecule has 10 heteroatoms. The first-order valence-electron chi connectivity index (χ1n) is 12.6. The third kappa shape index (κ3) is 5.87. The summed E-state index contributed by atoms with van der Waals surface area (Å²) in [5.41, 5.74) is 2.73. The van der Waals surface area contributed by atoms with Crippen LogP contribution in [-0.4, -0.2) is 63.0 Å². The molecule has 0 aliphatic carbocycles. The molecule has 1 fully saturated rings. The summed E-state index contributed by atoms with van der Waals surface area (Å²) in [5, 5.41) is 2.63. The van der Waals surface area contributed by atoms with Crippen LogP contribution in [0.2, 0.25) is 0 Å². The second kappa shape index (κ2) is 10.9. The number of hydrogen-bond acceptors (Lipinski definition) is 5. The van der Waals surface area contributed by atoms with Crippen molar-refractivity contribution >= 4 is 22.8 Å². The third-order valence-electron chi connectivity index (χ3n) is 6.89. The number of rotatable bonds is 7. The second-order valence-corrected chi connectivity index (χ2v) is 9.43. The summed E-state index contributed by atoms with van der Waals surface area (Å²) in [6, 6.07) is 15.1. The molecule has 1 N–H and O–H groups in total. The van der Waals surface area contributed by atoms with Gasteiger partial charge in [0.25, 0.3) is 0 Å². The molecule has 0 unspecified atom stereocenters. The molecule has 4 aromatic rings. The van der Waals surface area contributed by atoms with Gasteiger partial charge < -0.3 is 10.2 Å². The summed E-state index contributed by atoms with van der Waals surface area (Å²) in [5.74, 6) is -0.385. The second-order valence-electron chi connectivity index (χ2n) is 9.43. The zero-order chi connectivity index (χ0) is 26.7.